The summed E-state index contributed by atoms with van der Waals surface area (Å²) in [6.45, 7) is 0. The van der Waals surface area contributed by atoms with Gasteiger partial charge in [0.05, 0.1) is 18.9 Å². The van der Waals surface area contributed by atoms with Crippen molar-refractivity contribution in [1.29, 1.82) is 0 Å². The number of hydrogen-bond acceptors (Lipinski definition) is 5. The summed E-state index contributed by atoms with van der Waals surface area (Å²) in [5.41, 5.74) is 2.78. The van der Waals surface area contributed by atoms with Crippen LogP contribution in [-0.2, 0) is 0 Å². The fourth-order valence-corrected chi connectivity index (χ4v) is 2.43. The van der Waals surface area contributed by atoms with E-state index >= 15 is 0 Å². The molecule has 3 aromatic heterocycles. The van der Waals surface area contributed by atoms with Gasteiger partial charge < -0.3 is 9.26 Å². The van der Waals surface area contributed by atoms with Crippen LogP contribution in [0.15, 0.2) is 45.9 Å². The van der Waals surface area contributed by atoms with E-state index in [-0.39, 0.29) is 0 Å². The maximum Gasteiger partial charge on any atom is 0.221 e. The summed E-state index contributed by atoms with van der Waals surface area (Å²) in [6, 6.07) is 5.80. The van der Waals surface area contributed by atoms with E-state index in [1.54, 1.807) is 30.8 Å². The number of thiophene rings is 1. The van der Waals surface area contributed by atoms with Crippen molar-refractivity contribution in [3.8, 4) is 28.3 Å². The molecule has 0 spiro atoms. The summed E-state index contributed by atoms with van der Waals surface area (Å²) < 4.78 is 10.6. The lowest BCUT2D eigenvalue weighted by Crippen LogP contribution is -1.90. The second-order valence-electron chi connectivity index (χ2n) is 3.64. The number of ether oxygens (including phenoxy) is 1. The molecular weight excluding hydrogens is 248 g/mol. The molecule has 4 nitrogen and oxygen atoms in total. The van der Waals surface area contributed by atoms with Gasteiger partial charge in [-0.15, -0.1) is 0 Å². The molecule has 0 aromatic carbocycles. The van der Waals surface area contributed by atoms with Gasteiger partial charge in [-0.2, -0.15) is 11.3 Å². The van der Waals surface area contributed by atoms with Crippen molar-refractivity contribution in [2.24, 2.45) is 0 Å². The Morgan fingerprint density at radius 2 is 2.22 bits per heavy atom. The van der Waals surface area contributed by atoms with Gasteiger partial charge in [0.2, 0.25) is 5.88 Å². The standard InChI is InChI=1S/C13H10N2O2S/c1-16-13-10(3-2-5-14-13)11-7-15-17-12(11)9-4-6-18-8-9/h2-8H,1H3. The van der Waals surface area contributed by atoms with Crippen molar-refractivity contribution in [2.45, 2.75) is 0 Å². The molecule has 3 heterocycles. The van der Waals surface area contributed by atoms with Crippen molar-refractivity contribution in [3.63, 3.8) is 0 Å². The molecule has 3 rings (SSSR count). The van der Waals surface area contributed by atoms with Crippen molar-refractivity contribution in [1.82, 2.24) is 10.1 Å². The Hall–Kier alpha value is -2.14. The number of aromatic nitrogens is 2. The first-order valence-corrected chi connectivity index (χ1v) is 6.31. The smallest absolute Gasteiger partial charge is 0.221 e. The fourth-order valence-electron chi connectivity index (χ4n) is 1.79. The van der Waals surface area contributed by atoms with Gasteiger partial charge in [0.1, 0.15) is 0 Å². The van der Waals surface area contributed by atoms with E-state index in [0.717, 1.165) is 22.5 Å². The molecule has 0 radical (unpaired) electrons. The maximum atomic E-state index is 5.34. The molecule has 0 aliphatic rings. The van der Waals surface area contributed by atoms with Crippen LogP contribution in [0.1, 0.15) is 0 Å². The summed E-state index contributed by atoms with van der Waals surface area (Å²) >= 11 is 1.62. The lowest BCUT2D eigenvalue weighted by molar-refractivity contribution is 0.399. The molecule has 0 aliphatic heterocycles. The van der Waals surface area contributed by atoms with Crippen LogP contribution in [0.25, 0.3) is 22.5 Å². The summed E-state index contributed by atoms with van der Waals surface area (Å²) in [4.78, 5) is 4.19. The van der Waals surface area contributed by atoms with Gasteiger partial charge in [-0.25, -0.2) is 4.98 Å². The van der Waals surface area contributed by atoms with Crippen LogP contribution in [0.5, 0.6) is 5.88 Å². The van der Waals surface area contributed by atoms with Gasteiger partial charge >= 0.3 is 0 Å². The summed E-state index contributed by atoms with van der Waals surface area (Å²) in [5, 5.41) is 7.90. The van der Waals surface area contributed by atoms with Gasteiger partial charge in [-0.3, -0.25) is 0 Å². The molecule has 0 fully saturated rings. The van der Waals surface area contributed by atoms with Crippen LogP contribution in [0, 0.1) is 0 Å². The van der Waals surface area contributed by atoms with E-state index in [1.165, 1.54) is 0 Å². The molecular formula is C13H10N2O2S. The van der Waals surface area contributed by atoms with E-state index in [4.69, 9.17) is 9.26 Å². The molecule has 0 N–H and O–H groups in total. The van der Waals surface area contributed by atoms with Gasteiger partial charge in [-0.1, -0.05) is 5.16 Å². The first-order valence-electron chi connectivity index (χ1n) is 5.37. The highest BCUT2D eigenvalue weighted by atomic mass is 32.1. The molecule has 18 heavy (non-hydrogen) atoms. The molecule has 0 saturated heterocycles. The summed E-state index contributed by atoms with van der Waals surface area (Å²) in [7, 11) is 1.60. The maximum absolute atomic E-state index is 5.34. The van der Waals surface area contributed by atoms with Gasteiger partial charge in [-0.05, 0) is 23.6 Å². The van der Waals surface area contributed by atoms with E-state index < -0.39 is 0 Å². The minimum absolute atomic E-state index is 0.567. The molecule has 0 aliphatic carbocycles. The monoisotopic (exact) mass is 258 g/mol. The first-order chi connectivity index (χ1) is 8.90. The molecule has 5 heteroatoms. The number of methoxy groups -OCH3 is 1. The fraction of sp³-hybridized carbons (Fsp3) is 0.0769. The Bertz CT molecular complexity index is 647. The molecule has 0 atom stereocenters. The molecule has 0 unspecified atom stereocenters. The van der Waals surface area contributed by atoms with E-state index in [0.29, 0.717) is 5.88 Å². The second-order valence-corrected chi connectivity index (χ2v) is 4.42. The minimum atomic E-state index is 0.567. The normalized spacial score (nSPS) is 10.5. The highest BCUT2D eigenvalue weighted by Crippen LogP contribution is 2.36. The predicted octanol–water partition coefficient (Wildman–Crippen LogP) is 3.47. The van der Waals surface area contributed by atoms with Crippen LogP contribution in [0.2, 0.25) is 0 Å². The Balaban J connectivity index is 2.16. The van der Waals surface area contributed by atoms with Gasteiger partial charge in [0, 0.05) is 22.7 Å². The Labute approximate surface area is 108 Å². The number of rotatable bonds is 3. The van der Waals surface area contributed by atoms with Crippen molar-refractivity contribution in [2.75, 3.05) is 7.11 Å². The predicted molar refractivity (Wildman–Crippen MR) is 69.6 cm³/mol. The van der Waals surface area contributed by atoms with E-state index in [9.17, 15) is 0 Å². The third-order valence-corrected chi connectivity index (χ3v) is 3.29. The quantitative estimate of drug-likeness (QED) is 0.721. The first kappa shape index (κ1) is 11.0. The minimum Gasteiger partial charge on any atom is -0.481 e. The third-order valence-electron chi connectivity index (χ3n) is 2.61. The highest BCUT2D eigenvalue weighted by Gasteiger charge is 2.16. The largest absolute Gasteiger partial charge is 0.481 e. The second kappa shape index (κ2) is 4.62. The zero-order chi connectivity index (χ0) is 12.4. The van der Waals surface area contributed by atoms with Crippen LogP contribution in [0.3, 0.4) is 0 Å². The van der Waals surface area contributed by atoms with Gasteiger partial charge in [0.15, 0.2) is 5.76 Å². The lowest BCUT2D eigenvalue weighted by Gasteiger charge is -2.05. The topological polar surface area (TPSA) is 48.2 Å². The molecule has 90 valence electrons. The molecule has 0 amide bonds. The van der Waals surface area contributed by atoms with Crippen LogP contribution in [0.4, 0.5) is 0 Å². The van der Waals surface area contributed by atoms with Crippen LogP contribution >= 0.6 is 11.3 Å². The highest BCUT2D eigenvalue weighted by molar-refractivity contribution is 7.08. The van der Waals surface area contributed by atoms with Crippen LogP contribution in [-0.4, -0.2) is 17.3 Å². The molecule has 3 aromatic rings. The van der Waals surface area contributed by atoms with Crippen molar-refractivity contribution >= 4 is 11.3 Å². The van der Waals surface area contributed by atoms with Crippen LogP contribution < -0.4 is 4.74 Å². The molecule has 0 saturated carbocycles. The molecule has 0 bridgehead atoms. The third kappa shape index (κ3) is 1.78. The Morgan fingerprint density at radius 1 is 1.28 bits per heavy atom. The zero-order valence-corrected chi connectivity index (χ0v) is 10.5. The van der Waals surface area contributed by atoms with Crippen molar-refractivity contribution < 1.29 is 9.26 Å². The van der Waals surface area contributed by atoms with Crippen molar-refractivity contribution in [3.05, 3.63) is 41.4 Å². The SMILES string of the molecule is COc1ncccc1-c1cnoc1-c1ccsc1. The summed E-state index contributed by atoms with van der Waals surface area (Å²) in [6.07, 6.45) is 3.38. The zero-order valence-electron chi connectivity index (χ0n) is 9.66. The van der Waals surface area contributed by atoms with Gasteiger partial charge in [0.25, 0.3) is 0 Å². The number of hydrogen-bond donors (Lipinski definition) is 0. The average Bonchev–Trinajstić information content (AvgIpc) is 3.09. The summed E-state index contributed by atoms with van der Waals surface area (Å²) in [5.74, 6) is 1.31. The van der Waals surface area contributed by atoms with E-state index in [1.807, 2.05) is 29.0 Å². The Morgan fingerprint density at radius 3 is 3.00 bits per heavy atom. The number of nitrogens with zero attached hydrogens (tertiary/aromatic N) is 2. The van der Waals surface area contributed by atoms with E-state index in [2.05, 4.69) is 10.1 Å². The Kier molecular flexibility index (Phi) is 2.82. The number of pyridine rings is 1. The average molecular weight is 258 g/mol. The lowest BCUT2D eigenvalue weighted by atomic mass is 10.1.